The number of rotatable bonds is 7. The zero-order valence-electron chi connectivity index (χ0n) is 12.3. The van der Waals surface area contributed by atoms with Crippen molar-refractivity contribution in [1.82, 2.24) is 5.32 Å². The van der Waals surface area contributed by atoms with Gasteiger partial charge in [-0.2, -0.15) is 0 Å². The monoisotopic (exact) mass is 314 g/mol. The Hall–Kier alpha value is -1.62. The van der Waals surface area contributed by atoms with Gasteiger partial charge in [0.15, 0.2) is 0 Å². The molecule has 0 unspecified atom stereocenters. The number of hydrogen-bond donors (Lipinski definition) is 1. The third-order valence-corrected chi connectivity index (χ3v) is 3.30. The fourth-order valence-corrected chi connectivity index (χ4v) is 2.03. The molecular weight excluding hydrogens is 295 g/mol. The Morgan fingerprint density at radius 3 is 2.67 bits per heavy atom. The summed E-state index contributed by atoms with van der Waals surface area (Å²) < 4.78 is 13.1. The van der Waals surface area contributed by atoms with Crippen LogP contribution in [0.25, 0.3) is 0 Å². The third-order valence-electron chi connectivity index (χ3n) is 3.01. The van der Waals surface area contributed by atoms with Gasteiger partial charge in [0, 0.05) is 32.1 Å². The van der Waals surface area contributed by atoms with Crippen LogP contribution in [0.5, 0.6) is 0 Å². The minimum absolute atomic E-state index is 0.0301. The van der Waals surface area contributed by atoms with Gasteiger partial charge in [-0.3, -0.25) is 9.59 Å². The molecule has 0 fully saturated rings. The van der Waals surface area contributed by atoms with Crippen LogP contribution in [0, 0.1) is 5.82 Å². The molecule has 1 aromatic rings. The van der Waals surface area contributed by atoms with Gasteiger partial charge in [0.1, 0.15) is 5.82 Å². The number of halogens is 2. The smallest absolute Gasteiger partial charge is 0.223 e. The van der Waals surface area contributed by atoms with E-state index in [1.807, 2.05) is 6.92 Å². The molecule has 4 nitrogen and oxygen atoms in total. The molecule has 2 amide bonds. The van der Waals surface area contributed by atoms with Crippen molar-refractivity contribution >= 4 is 29.1 Å². The molecule has 6 heteroatoms. The van der Waals surface area contributed by atoms with E-state index in [2.05, 4.69) is 5.32 Å². The zero-order chi connectivity index (χ0) is 15.8. The Balaban J connectivity index is 2.60. The molecule has 0 aliphatic heterocycles. The molecule has 0 heterocycles. The van der Waals surface area contributed by atoms with E-state index in [1.54, 1.807) is 0 Å². The third kappa shape index (κ3) is 5.71. The maximum atomic E-state index is 13.1. The molecule has 1 rings (SSSR count). The lowest BCUT2D eigenvalue weighted by Crippen LogP contribution is -2.37. The number of nitrogens with zero attached hydrogens (tertiary/aromatic N) is 1. The van der Waals surface area contributed by atoms with Crippen LogP contribution in [0.1, 0.15) is 33.1 Å². The number of carbonyl (C=O) groups excluding carboxylic acids is 2. The molecule has 0 bridgehead atoms. The van der Waals surface area contributed by atoms with Crippen molar-refractivity contribution in [3.8, 4) is 0 Å². The van der Waals surface area contributed by atoms with Crippen LogP contribution in [0.4, 0.5) is 10.1 Å². The largest absolute Gasteiger partial charge is 0.354 e. The normalized spacial score (nSPS) is 10.3. The lowest BCUT2D eigenvalue weighted by Gasteiger charge is -2.21. The predicted molar refractivity (Wildman–Crippen MR) is 82.0 cm³/mol. The summed E-state index contributed by atoms with van der Waals surface area (Å²) in [5.41, 5.74) is 0.511. The number of amides is 2. The molecule has 1 N–H and O–H groups in total. The van der Waals surface area contributed by atoms with Crippen molar-refractivity contribution < 1.29 is 14.0 Å². The Kier molecular flexibility index (Phi) is 7.15. The van der Waals surface area contributed by atoms with E-state index >= 15 is 0 Å². The van der Waals surface area contributed by atoms with Crippen molar-refractivity contribution in [1.29, 1.82) is 0 Å². The SMILES string of the molecule is CCCCC(=O)NCCN(C(C)=O)c1ccc(F)c(Cl)c1. The molecule has 0 spiro atoms. The van der Waals surface area contributed by atoms with Crippen LogP contribution in [-0.4, -0.2) is 24.9 Å². The molecule has 0 saturated carbocycles. The Bertz CT molecular complexity index is 508. The molecule has 1 aromatic carbocycles. The van der Waals surface area contributed by atoms with Crippen LogP contribution in [0.2, 0.25) is 5.02 Å². The van der Waals surface area contributed by atoms with Gasteiger partial charge in [0.2, 0.25) is 11.8 Å². The van der Waals surface area contributed by atoms with Gasteiger partial charge in [-0.1, -0.05) is 24.9 Å². The lowest BCUT2D eigenvalue weighted by atomic mass is 10.2. The second kappa shape index (κ2) is 8.62. The first kappa shape index (κ1) is 17.4. The maximum Gasteiger partial charge on any atom is 0.223 e. The highest BCUT2D eigenvalue weighted by Crippen LogP contribution is 2.22. The van der Waals surface area contributed by atoms with E-state index in [-0.39, 0.29) is 16.8 Å². The van der Waals surface area contributed by atoms with Gasteiger partial charge < -0.3 is 10.2 Å². The molecule has 0 aliphatic rings. The first-order valence-corrected chi connectivity index (χ1v) is 7.33. The molecule has 0 radical (unpaired) electrons. The average molecular weight is 315 g/mol. The summed E-state index contributed by atoms with van der Waals surface area (Å²) in [6.07, 6.45) is 2.29. The highest BCUT2D eigenvalue weighted by Gasteiger charge is 2.13. The molecule has 0 saturated heterocycles. The van der Waals surface area contributed by atoms with Crippen LogP contribution in [0.15, 0.2) is 18.2 Å². The zero-order valence-corrected chi connectivity index (χ0v) is 13.0. The van der Waals surface area contributed by atoms with Gasteiger partial charge in [-0.05, 0) is 24.6 Å². The number of hydrogen-bond acceptors (Lipinski definition) is 2. The van der Waals surface area contributed by atoms with E-state index in [4.69, 9.17) is 11.6 Å². The van der Waals surface area contributed by atoms with Gasteiger partial charge in [0.25, 0.3) is 0 Å². The Labute approximate surface area is 129 Å². The fourth-order valence-electron chi connectivity index (χ4n) is 1.85. The van der Waals surface area contributed by atoms with E-state index in [9.17, 15) is 14.0 Å². The summed E-state index contributed by atoms with van der Waals surface area (Å²) in [4.78, 5) is 24.6. The van der Waals surface area contributed by atoms with E-state index < -0.39 is 5.82 Å². The number of nitrogens with one attached hydrogen (secondary N) is 1. The van der Waals surface area contributed by atoms with E-state index in [0.717, 1.165) is 12.8 Å². The molecule has 21 heavy (non-hydrogen) atoms. The van der Waals surface area contributed by atoms with Crippen molar-refractivity contribution in [3.63, 3.8) is 0 Å². The highest BCUT2D eigenvalue weighted by atomic mass is 35.5. The van der Waals surface area contributed by atoms with E-state index in [1.165, 1.54) is 30.0 Å². The predicted octanol–water partition coefficient (Wildman–Crippen LogP) is 3.14. The van der Waals surface area contributed by atoms with Gasteiger partial charge in [-0.25, -0.2) is 4.39 Å². The second-order valence-electron chi connectivity index (χ2n) is 4.72. The molecule has 0 aliphatic carbocycles. The minimum Gasteiger partial charge on any atom is -0.354 e. The van der Waals surface area contributed by atoms with Crippen LogP contribution >= 0.6 is 11.6 Å². The molecule has 0 atom stereocenters. The summed E-state index contributed by atoms with van der Waals surface area (Å²) in [5.74, 6) is -0.755. The van der Waals surface area contributed by atoms with Crippen molar-refractivity contribution in [2.75, 3.05) is 18.0 Å². The van der Waals surface area contributed by atoms with Crippen molar-refractivity contribution in [2.24, 2.45) is 0 Å². The summed E-state index contributed by atoms with van der Waals surface area (Å²) in [5, 5.41) is 2.72. The van der Waals surface area contributed by atoms with Crippen LogP contribution in [0.3, 0.4) is 0 Å². The standard InChI is InChI=1S/C15H20ClFN2O2/c1-3-4-5-15(21)18-8-9-19(11(2)20)12-6-7-14(17)13(16)10-12/h6-7,10H,3-5,8-9H2,1-2H3,(H,18,21). The van der Waals surface area contributed by atoms with Crippen molar-refractivity contribution in [3.05, 3.63) is 29.0 Å². The van der Waals surface area contributed by atoms with Gasteiger partial charge in [0.05, 0.1) is 5.02 Å². The minimum atomic E-state index is -0.531. The summed E-state index contributed by atoms with van der Waals surface area (Å²) >= 11 is 5.72. The number of anilines is 1. The quantitative estimate of drug-likeness (QED) is 0.840. The fraction of sp³-hybridized carbons (Fsp3) is 0.467. The van der Waals surface area contributed by atoms with E-state index in [0.29, 0.717) is 25.2 Å². The number of unbranched alkanes of at least 4 members (excludes halogenated alkanes) is 1. The Morgan fingerprint density at radius 2 is 2.10 bits per heavy atom. The maximum absolute atomic E-state index is 13.1. The average Bonchev–Trinajstić information content (AvgIpc) is 2.44. The topological polar surface area (TPSA) is 49.4 Å². The summed E-state index contributed by atoms with van der Waals surface area (Å²) in [6, 6.07) is 4.10. The van der Waals surface area contributed by atoms with Crippen molar-refractivity contribution in [2.45, 2.75) is 33.1 Å². The summed E-state index contributed by atoms with van der Waals surface area (Å²) in [6.45, 7) is 4.09. The first-order chi connectivity index (χ1) is 9.95. The number of carbonyl (C=O) groups is 2. The molecule has 116 valence electrons. The highest BCUT2D eigenvalue weighted by molar-refractivity contribution is 6.31. The molecular formula is C15H20ClFN2O2. The van der Waals surface area contributed by atoms with Gasteiger partial charge >= 0.3 is 0 Å². The Morgan fingerprint density at radius 1 is 1.38 bits per heavy atom. The summed E-state index contributed by atoms with van der Waals surface area (Å²) in [7, 11) is 0. The van der Waals surface area contributed by atoms with Crippen LogP contribution in [-0.2, 0) is 9.59 Å². The lowest BCUT2D eigenvalue weighted by molar-refractivity contribution is -0.121. The van der Waals surface area contributed by atoms with Crippen LogP contribution < -0.4 is 10.2 Å². The molecule has 0 aromatic heterocycles. The van der Waals surface area contributed by atoms with Gasteiger partial charge in [-0.15, -0.1) is 0 Å². The number of benzene rings is 1. The second-order valence-corrected chi connectivity index (χ2v) is 5.13. The first-order valence-electron chi connectivity index (χ1n) is 6.95.